The number of hydrogen-bond acceptors (Lipinski definition) is 2. The van der Waals surface area contributed by atoms with Crippen molar-refractivity contribution in [3.8, 4) is 11.1 Å². The fraction of sp³-hybridized carbons (Fsp3) is 0. The van der Waals surface area contributed by atoms with Gasteiger partial charge < -0.3 is 10.2 Å². The number of carbonyl (C=O) groups is 2. The van der Waals surface area contributed by atoms with Crippen molar-refractivity contribution in [3.63, 3.8) is 0 Å². The van der Waals surface area contributed by atoms with E-state index in [9.17, 15) is 9.59 Å². The Bertz CT molecular complexity index is 929. The molecule has 4 aromatic rings. The van der Waals surface area contributed by atoms with Gasteiger partial charge in [-0.3, -0.25) is 0 Å². The van der Waals surface area contributed by atoms with E-state index < -0.39 is 11.9 Å². The minimum absolute atomic E-state index is 0.331. The second kappa shape index (κ2) is 12.3. The zero-order chi connectivity index (χ0) is 21.6. The average molecular weight is 398 g/mol. The number of carboxylic acids is 2. The summed E-state index contributed by atoms with van der Waals surface area (Å²) in [6.45, 7) is 0. The molecule has 0 saturated carbocycles. The van der Waals surface area contributed by atoms with Gasteiger partial charge in [-0.2, -0.15) is 0 Å². The molecule has 150 valence electrons. The zero-order valence-corrected chi connectivity index (χ0v) is 16.3. The first-order valence-electron chi connectivity index (χ1n) is 9.25. The van der Waals surface area contributed by atoms with Gasteiger partial charge in [0.25, 0.3) is 0 Å². The van der Waals surface area contributed by atoms with E-state index in [0.717, 1.165) is 0 Å². The Morgan fingerprint density at radius 2 is 0.633 bits per heavy atom. The Balaban J connectivity index is 0.000000163. The van der Waals surface area contributed by atoms with Crippen LogP contribution in [0.5, 0.6) is 0 Å². The van der Waals surface area contributed by atoms with Gasteiger partial charge in [0.2, 0.25) is 0 Å². The summed E-state index contributed by atoms with van der Waals surface area (Å²) in [7, 11) is 0. The van der Waals surface area contributed by atoms with Crippen molar-refractivity contribution in [1.29, 1.82) is 0 Å². The quantitative estimate of drug-likeness (QED) is 0.436. The number of rotatable bonds is 3. The normalized spacial score (nSPS) is 9.20. The van der Waals surface area contributed by atoms with Crippen molar-refractivity contribution in [2.45, 2.75) is 0 Å². The number of aromatic carboxylic acids is 2. The van der Waals surface area contributed by atoms with Crippen LogP contribution < -0.4 is 0 Å². The average Bonchev–Trinajstić information content (AvgIpc) is 2.82. The van der Waals surface area contributed by atoms with Crippen molar-refractivity contribution in [1.82, 2.24) is 0 Å². The third kappa shape index (κ3) is 7.82. The van der Waals surface area contributed by atoms with E-state index in [4.69, 9.17) is 10.2 Å². The molecule has 2 N–H and O–H groups in total. The van der Waals surface area contributed by atoms with Crippen LogP contribution in [0.15, 0.2) is 121 Å². The molecule has 0 atom stereocenters. The SMILES string of the molecule is O=C(O)c1ccccc1.O=C(O)c1ccccc1.c1ccc(-c2ccccc2)cc1. The maximum absolute atomic E-state index is 10.2. The molecule has 0 bridgehead atoms. The number of hydrogen-bond donors (Lipinski definition) is 2. The van der Waals surface area contributed by atoms with Crippen molar-refractivity contribution in [2.75, 3.05) is 0 Å². The summed E-state index contributed by atoms with van der Waals surface area (Å²) >= 11 is 0. The van der Waals surface area contributed by atoms with Gasteiger partial charge in [-0.25, -0.2) is 9.59 Å². The third-order valence-corrected chi connectivity index (χ3v) is 3.92. The highest BCUT2D eigenvalue weighted by molar-refractivity contribution is 5.87. The van der Waals surface area contributed by atoms with E-state index in [2.05, 4.69) is 48.5 Å². The molecule has 0 amide bonds. The summed E-state index contributed by atoms with van der Waals surface area (Å²) in [5.41, 5.74) is 3.21. The predicted molar refractivity (Wildman–Crippen MR) is 119 cm³/mol. The van der Waals surface area contributed by atoms with Gasteiger partial charge in [-0.05, 0) is 35.4 Å². The van der Waals surface area contributed by atoms with E-state index in [0.29, 0.717) is 11.1 Å². The second-order valence-corrected chi connectivity index (χ2v) is 6.07. The van der Waals surface area contributed by atoms with Gasteiger partial charge >= 0.3 is 11.9 Å². The molecule has 0 fully saturated rings. The van der Waals surface area contributed by atoms with E-state index in [1.807, 2.05) is 12.1 Å². The molecule has 0 aliphatic carbocycles. The summed E-state index contributed by atoms with van der Waals surface area (Å²) in [6.07, 6.45) is 0. The van der Waals surface area contributed by atoms with E-state index in [1.165, 1.54) is 11.1 Å². The first-order valence-corrected chi connectivity index (χ1v) is 9.25. The summed E-state index contributed by atoms with van der Waals surface area (Å²) in [5, 5.41) is 16.8. The molecule has 0 aromatic heterocycles. The highest BCUT2D eigenvalue weighted by Gasteiger charge is 1.97. The molecule has 4 heteroatoms. The van der Waals surface area contributed by atoms with Crippen LogP contribution >= 0.6 is 0 Å². The number of carboxylic acid groups (broad SMARTS) is 2. The molecule has 4 rings (SSSR count). The molecule has 0 aliphatic heterocycles. The Morgan fingerprint density at radius 1 is 0.400 bits per heavy atom. The Labute approximate surface area is 175 Å². The van der Waals surface area contributed by atoms with E-state index >= 15 is 0 Å². The van der Waals surface area contributed by atoms with Gasteiger partial charge in [0.1, 0.15) is 0 Å². The first-order chi connectivity index (χ1) is 14.6. The molecule has 0 unspecified atom stereocenters. The Morgan fingerprint density at radius 3 is 0.833 bits per heavy atom. The van der Waals surface area contributed by atoms with Gasteiger partial charge in [0.05, 0.1) is 11.1 Å². The van der Waals surface area contributed by atoms with E-state index in [-0.39, 0.29) is 0 Å². The maximum Gasteiger partial charge on any atom is 0.335 e. The highest BCUT2D eigenvalue weighted by atomic mass is 16.4. The van der Waals surface area contributed by atoms with Crippen LogP contribution in [0.1, 0.15) is 20.7 Å². The lowest BCUT2D eigenvalue weighted by Crippen LogP contribution is -1.93. The van der Waals surface area contributed by atoms with Gasteiger partial charge in [0, 0.05) is 0 Å². The maximum atomic E-state index is 10.2. The molecular formula is C26H22O4. The van der Waals surface area contributed by atoms with Crippen LogP contribution in [-0.2, 0) is 0 Å². The molecule has 0 aliphatic rings. The lowest BCUT2D eigenvalue weighted by molar-refractivity contribution is 0.0686. The summed E-state index contributed by atoms with van der Waals surface area (Å²) in [4.78, 5) is 20.4. The van der Waals surface area contributed by atoms with Crippen LogP contribution in [0.25, 0.3) is 11.1 Å². The molecule has 30 heavy (non-hydrogen) atoms. The van der Waals surface area contributed by atoms with Gasteiger partial charge in [-0.15, -0.1) is 0 Å². The van der Waals surface area contributed by atoms with Crippen LogP contribution in [0.4, 0.5) is 0 Å². The molecule has 0 saturated heterocycles. The summed E-state index contributed by atoms with van der Waals surface area (Å²) in [5.74, 6) is -1.76. The minimum Gasteiger partial charge on any atom is -0.478 e. The largest absolute Gasteiger partial charge is 0.478 e. The zero-order valence-electron chi connectivity index (χ0n) is 16.3. The topological polar surface area (TPSA) is 74.6 Å². The lowest BCUT2D eigenvalue weighted by Gasteiger charge is -1.98. The van der Waals surface area contributed by atoms with Crippen LogP contribution in [-0.4, -0.2) is 22.2 Å². The molecule has 0 radical (unpaired) electrons. The highest BCUT2D eigenvalue weighted by Crippen LogP contribution is 2.17. The van der Waals surface area contributed by atoms with Crippen molar-refractivity contribution in [2.24, 2.45) is 0 Å². The smallest absolute Gasteiger partial charge is 0.335 e. The van der Waals surface area contributed by atoms with Crippen molar-refractivity contribution < 1.29 is 19.8 Å². The van der Waals surface area contributed by atoms with Crippen molar-refractivity contribution in [3.05, 3.63) is 132 Å². The van der Waals surface area contributed by atoms with Crippen molar-refractivity contribution >= 4 is 11.9 Å². The number of benzene rings is 4. The molecule has 0 heterocycles. The third-order valence-electron chi connectivity index (χ3n) is 3.92. The minimum atomic E-state index is -0.879. The predicted octanol–water partition coefficient (Wildman–Crippen LogP) is 6.12. The Hall–Kier alpha value is -4.18. The van der Waals surface area contributed by atoms with Crippen LogP contribution in [0.2, 0.25) is 0 Å². The van der Waals surface area contributed by atoms with E-state index in [1.54, 1.807) is 60.7 Å². The fourth-order valence-electron chi connectivity index (χ4n) is 2.42. The van der Waals surface area contributed by atoms with Gasteiger partial charge in [0.15, 0.2) is 0 Å². The summed E-state index contributed by atoms with van der Waals surface area (Å²) in [6, 6.07) is 37.4. The summed E-state index contributed by atoms with van der Waals surface area (Å²) < 4.78 is 0. The molecular weight excluding hydrogens is 376 g/mol. The monoisotopic (exact) mass is 398 g/mol. The second-order valence-electron chi connectivity index (χ2n) is 6.07. The van der Waals surface area contributed by atoms with Crippen LogP contribution in [0, 0.1) is 0 Å². The van der Waals surface area contributed by atoms with Crippen LogP contribution in [0.3, 0.4) is 0 Å². The molecule has 0 spiro atoms. The Kier molecular flexibility index (Phi) is 9.08. The fourth-order valence-corrected chi connectivity index (χ4v) is 2.42. The first kappa shape index (κ1) is 22.1. The molecule has 4 aromatic carbocycles. The lowest BCUT2D eigenvalue weighted by atomic mass is 10.1. The molecule has 4 nitrogen and oxygen atoms in total. The van der Waals surface area contributed by atoms with Gasteiger partial charge in [-0.1, -0.05) is 97.1 Å². The standard InChI is InChI=1S/C12H10.2C7H6O2/c1-3-7-11(8-4-1)12-9-5-2-6-10-12;2*8-7(9)6-4-2-1-3-5-6/h1-10H;2*1-5H,(H,8,9).